The van der Waals surface area contributed by atoms with Crippen molar-refractivity contribution in [1.29, 1.82) is 0 Å². The summed E-state index contributed by atoms with van der Waals surface area (Å²) < 4.78 is 1.64. The first-order valence-electron chi connectivity index (χ1n) is 10.9. The third kappa shape index (κ3) is 4.19. The van der Waals surface area contributed by atoms with Crippen LogP contribution in [0.2, 0.25) is 0 Å². The van der Waals surface area contributed by atoms with Crippen LogP contribution in [0.3, 0.4) is 0 Å². The number of amides is 1. The maximum atomic E-state index is 13.5. The molecule has 0 unspecified atom stereocenters. The average molecular weight is 461 g/mol. The minimum atomic E-state index is -0.198. The lowest BCUT2D eigenvalue weighted by molar-refractivity contribution is -0.118. The molecule has 0 saturated heterocycles. The van der Waals surface area contributed by atoms with Crippen molar-refractivity contribution in [1.82, 2.24) is 14.5 Å². The number of rotatable bonds is 7. The lowest BCUT2D eigenvalue weighted by atomic mass is 10.0. The Kier molecular flexibility index (Phi) is 5.78. The first-order chi connectivity index (χ1) is 16.1. The van der Waals surface area contributed by atoms with E-state index in [1.54, 1.807) is 46.3 Å². The number of aliphatic hydroxyl groups is 1. The lowest BCUT2D eigenvalue weighted by Crippen LogP contribution is -2.34. The Morgan fingerprint density at radius 3 is 2.76 bits per heavy atom. The SMILES string of the molecule is Cc1c(CC(=O)N(CC2CC2)c2nccs2)c2cc(CO)ccc2n1C(=O)c1cccnc1. The first kappa shape index (κ1) is 21.5. The zero-order valence-electron chi connectivity index (χ0n) is 18.3. The fourth-order valence-electron chi connectivity index (χ4n) is 4.17. The van der Waals surface area contributed by atoms with Crippen LogP contribution >= 0.6 is 11.3 Å². The molecule has 7 nitrogen and oxygen atoms in total. The van der Waals surface area contributed by atoms with E-state index in [1.807, 2.05) is 24.4 Å². The van der Waals surface area contributed by atoms with Gasteiger partial charge in [-0.2, -0.15) is 0 Å². The van der Waals surface area contributed by atoms with E-state index in [2.05, 4.69) is 9.97 Å². The largest absolute Gasteiger partial charge is 0.392 e. The second-order valence-electron chi connectivity index (χ2n) is 8.40. The topological polar surface area (TPSA) is 88.3 Å². The number of pyridine rings is 1. The molecule has 168 valence electrons. The van der Waals surface area contributed by atoms with E-state index in [9.17, 15) is 14.7 Å². The number of hydrogen-bond donors (Lipinski definition) is 1. The van der Waals surface area contributed by atoms with Crippen molar-refractivity contribution >= 4 is 39.2 Å². The molecule has 1 amide bonds. The number of nitrogens with zero attached hydrogens (tertiary/aromatic N) is 4. The zero-order chi connectivity index (χ0) is 22.9. The quantitative estimate of drug-likeness (QED) is 0.451. The molecule has 1 aromatic carbocycles. The monoisotopic (exact) mass is 460 g/mol. The van der Waals surface area contributed by atoms with Gasteiger partial charge in [-0.1, -0.05) is 6.07 Å². The molecule has 1 aliphatic rings. The van der Waals surface area contributed by atoms with Crippen LogP contribution in [0.25, 0.3) is 10.9 Å². The predicted molar refractivity (Wildman–Crippen MR) is 127 cm³/mol. The molecule has 0 atom stereocenters. The molecular weight excluding hydrogens is 436 g/mol. The first-order valence-corrected chi connectivity index (χ1v) is 11.8. The number of anilines is 1. The number of thiazole rings is 1. The number of aromatic nitrogens is 3. The molecule has 0 radical (unpaired) electrons. The third-order valence-electron chi connectivity index (χ3n) is 6.11. The summed E-state index contributed by atoms with van der Waals surface area (Å²) >= 11 is 1.46. The normalized spacial score (nSPS) is 13.4. The van der Waals surface area contributed by atoms with Crippen LogP contribution in [0.1, 0.15) is 40.0 Å². The van der Waals surface area contributed by atoms with Gasteiger partial charge in [-0.3, -0.25) is 24.0 Å². The zero-order valence-corrected chi connectivity index (χ0v) is 19.1. The van der Waals surface area contributed by atoms with Gasteiger partial charge in [0.2, 0.25) is 5.91 Å². The summed E-state index contributed by atoms with van der Waals surface area (Å²) in [4.78, 5) is 37.1. The predicted octanol–water partition coefficient (Wildman–Crippen LogP) is 3.97. The highest BCUT2D eigenvalue weighted by molar-refractivity contribution is 7.13. The van der Waals surface area contributed by atoms with Gasteiger partial charge in [0.1, 0.15) is 0 Å². The number of carbonyl (C=O) groups is 2. The summed E-state index contributed by atoms with van der Waals surface area (Å²) in [7, 11) is 0. The maximum absolute atomic E-state index is 13.5. The van der Waals surface area contributed by atoms with Crippen LogP contribution in [0.5, 0.6) is 0 Å². The Hall–Kier alpha value is -3.36. The molecule has 1 saturated carbocycles. The van der Waals surface area contributed by atoms with Gasteiger partial charge in [0, 0.05) is 41.6 Å². The molecule has 8 heteroatoms. The number of aliphatic hydroxyl groups excluding tert-OH is 1. The smallest absolute Gasteiger partial charge is 0.264 e. The number of hydrogen-bond acceptors (Lipinski definition) is 6. The molecule has 5 rings (SSSR count). The van der Waals surface area contributed by atoms with E-state index in [0.29, 0.717) is 34.4 Å². The summed E-state index contributed by atoms with van der Waals surface area (Å²) in [6, 6.07) is 8.96. The molecule has 3 heterocycles. The van der Waals surface area contributed by atoms with Gasteiger partial charge < -0.3 is 5.11 Å². The molecule has 33 heavy (non-hydrogen) atoms. The molecule has 1 fully saturated rings. The Balaban J connectivity index is 1.57. The van der Waals surface area contributed by atoms with Gasteiger partial charge in [-0.05, 0) is 61.1 Å². The van der Waals surface area contributed by atoms with Crippen molar-refractivity contribution in [3.8, 4) is 0 Å². The molecular formula is C25H24N4O3S. The highest BCUT2D eigenvalue weighted by Crippen LogP contribution is 2.34. The summed E-state index contributed by atoms with van der Waals surface area (Å²) in [5.41, 5.74) is 3.42. The van der Waals surface area contributed by atoms with Crippen LogP contribution in [0.15, 0.2) is 54.3 Å². The van der Waals surface area contributed by atoms with Crippen LogP contribution in [-0.2, 0) is 17.8 Å². The summed E-state index contributed by atoms with van der Waals surface area (Å²) in [6.45, 7) is 2.42. The average Bonchev–Trinajstić information content (AvgIpc) is 3.42. The van der Waals surface area contributed by atoms with E-state index in [1.165, 1.54) is 11.3 Å². The Bertz CT molecular complexity index is 1310. The van der Waals surface area contributed by atoms with Crippen LogP contribution < -0.4 is 4.90 Å². The summed E-state index contributed by atoms with van der Waals surface area (Å²) in [5.74, 6) is 0.284. The van der Waals surface area contributed by atoms with Crippen LogP contribution in [0, 0.1) is 12.8 Å². The molecule has 0 bridgehead atoms. The minimum Gasteiger partial charge on any atom is -0.392 e. The van der Waals surface area contributed by atoms with Crippen LogP contribution in [-0.4, -0.2) is 38.0 Å². The second kappa shape index (κ2) is 8.88. The van der Waals surface area contributed by atoms with Crippen molar-refractivity contribution in [2.45, 2.75) is 32.8 Å². The Morgan fingerprint density at radius 1 is 1.24 bits per heavy atom. The van der Waals surface area contributed by atoms with E-state index >= 15 is 0 Å². The van der Waals surface area contributed by atoms with E-state index in [-0.39, 0.29) is 24.8 Å². The van der Waals surface area contributed by atoms with Gasteiger partial charge in [-0.25, -0.2) is 4.98 Å². The number of fused-ring (bicyclic) bond motifs is 1. The van der Waals surface area contributed by atoms with E-state index < -0.39 is 0 Å². The van der Waals surface area contributed by atoms with Crippen molar-refractivity contribution in [2.24, 2.45) is 5.92 Å². The van der Waals surface area contributed by atoms with Crippen molar-refractivity contribution in [3.63, 3.8) is 0 Å². The number of benzene rings is 1. The Morgan fingerprint density at radius 2 is 2.09 bits per heavy atom. The highest BCUT2D eigenvalue weighted by atomic mass is 32.1. The van der Waals surface area contributed by atoms with Crippen molar-refractivity contribution in [3.05, 3.63) is 76.7 Å². The van der Waals surface area contributed by atoms with Gasteiger partial charge in [-0.15, -0.1) is 11.3 Å². The maximum Gasteiger partial charge on any atom is 0.264 e. The molecule has 1 N–H and O–H groups in total. The molecule has 4 aromatic rings. The van der Waals surface area contributed by atoms with Crippen LogP contribution in [0.4, 0.5) is 5.13 Å². The fraction of sp³-hybridized carbons (Fsp3) is 0.280. The van der Waals surface area contributed by atoms with E-state index in [4.69, 9.17) is 0 Å². The Labute approximate surface area is 195 Å². The molecule has 3 aromatic heterocycles. The van der Waals surface area contributed by atoms with Gasteiger partial charge >= 0.3 is 0 Å². The second-order valence-corrected chi connectivity index (χ2v) is 9.27. The summed E-state index contributed by atoms with van der Waals surface area (Å²) in [5, 5.41) is 13.1. The highest BCUT2D eigenvalue weighted by Gasteiger charge is 2.30. The number of carbonyl (C=O) groups excluding carboxylic acids is 2. The van der Waals surface area contributed by atoms with Gasteiger partial charge in [0.25, 0.3) is 5.91 Å². The lowest BCUT2D eigenvalue weighted by Gasteiger charge is -2.20. The van der Waals surface area contributed by atoms with Gasteiger partial charge in [0.15, 0.2) is 5.13 Å². The minimum absolute atomic E-state index is 0.0396. The standard InChI is InChI=1S/C25H24N4O3S/c1-16-20(12-23(31)28(14-17-4-5-17)25-27-9-10-33-25)21-11-18(15-30)6-7-22(21)29(16)24(32)19-3-2-8-26-13-19/h2-3,6-11,13,17,30H,4-5,12,14-15H2,1H3. The van der Waals surface area contributed by atoms with Crippen molar-refractivity contribution in [2.75, 3.05) is 11.4 Å². The molecule has 0 aliphatic heterocycles. The molecule has 1 aliphatic carbocycles. The van der Waals surface area contributed by atoms with Gasteiger partial charge in [0.05, 0.1) is 24.1 Å². The van der Waals surface area contributed by atoms with Crippen molar-refractivity contribution < 1.29 is 14.7 Å². The third-order valence-corrected chi connectivity index (χ3v) is 6.90. The summed E-state index contributed by atoms with van der Waals surface area (Å²) in [6.07, 6.45) is 7.30. The fourth-order valence-corrected chi connectivity index (χ4v) is 4.84. The molecule has 0 spiro atoms. The van der Waals surface area contributed by atoms with E-state index in [0.717, 1.165) is 29.4 Å².